The summed E-state index contributed by atoms with van der Waals surface area (Å²) < 4.78 is 129. The Kier molecular flexibility index (Phi) is 2.42. The molecule has 134 valence electrons. The van der Waals surface area contributed by atoms with Crippen molar-refractivity contribution in [1.29, 1.82) is 0 Å². The van der Waals surface area contributed by atoms with Crippen molar-refractivity contribution in [2.24, 2.45) is 0 Å². The largest absolute Gasteiger partial charge is 0.497 e. The Bertz CT molecular complexity index is 1390. The van der Waals surface area contributed by atoms with Crippen molar-refractivity contribution >= 4 is 16.7 Å². The van der Waals surface area contributed by atoms with Crippen molar-refractivity contribution in [3.05, 3.63) is 51.9 Å². The van der Waals surface area contributed by atoms with E-state index < -0.39 is 101 Å². The van der Waals surface area contributed by atoms with Crippen LogP contribution in [0.25, 0.3) is 10.8 Å². The summed E-state index contributed by atoms with van der Waals surface area (Å²) in [6.07, 6.45) is -8.43. The number of nitrogens with zero attached hydrogens (tertiary/aromatic N) is 1. The second-order valence-corrected chi connectivity index (χ2v) is 4.19. The van der Waals surface area contributed by atoms with Crippen LogP contribution in [0.5, 0.6) is 5.75 Å². The summed E-state index contributed by atoms with van der Waals surface area (Å²) in [5, 5.41) is 7.66. The first kappa shape index (κ1) is 6.82. The van der Waals surface area contributed by atoms with E-state index >= 15 is 0 Å². The molecule has 1 atom stereocenters. The molecule has 0 aliphatic carbocycles. The van der Waals surface area contributed by atoms with Gasteiger partial charge >= 0.3 is 5.97 Å². The van der Waals surface area contributed by atoms with Crippen molar-refractivity contribution in [1.82, 2.24) is 0 Å². The Morgan fingerprint density at radius 1 is 1.28 bits per heavy atom. The summed E-state index contributed by atoms with van der Waals surface area (Å²) in [6.45, 7) is -7.62. The molecule has 7 nitrogen and oxygen atoms in total. The third kappa shape index (κ3) is 5.34. The summed E-state index contributed by atoms with van der Waals surface area (Å²) in [5.74, 6) is -5.55. The average Bonchev–Trinajstić information content (AvgIpc) is 2.78. The van der Waals surface area contributed by atoms with E-state index in [1.165, 1.54) is 0 Å². The molecule has 2 aromatic rings. The number of ether oxygens (including phenoxy) is 2. The van der Waals surface area contributed by atoms with Crippen molar-refractivity contribution in [3.63, 3.8) is 0 Å². The van der Waals surface area contributed by atoms with Crippen LogP contribution >= 0.6 is 0 Å². The molecule has 2 rings (SSSR count). The van der Waals surface area contributed by atoms with Gasteiger partial charge in [-0.05, 0) is 48.1 Å². The van der Waals surface area contributed by atoms with Crippen LogP contribution in [-0.2, 0) is 14.4 Å². The molecule has 0 saturated heterocycles. The molecule has 0 heterocycles. The smallest absolute Gasteiger partial charge is 0.313 e. The zero-order valence-corrected chi connectivity index (χ0v) is 12.9. The van der Waals surface area contributed by atoms with Crippen molar-refractivity contribution in [2.45, 2.75) is 25.6 Å². The number of carbonyl (C=O) groups is 1. The van der Waals surface area contributed by atoms with Crippen molar-refractivity contribution < 1.29 is 44.8 Å². The number of fused-ring (bicyclic) bond motifs is 1. The molecule has 0 spiro atoms. The molecule has 7 heteroatoms. The summed E-state index contributed by atoms with van der Waals surface area (Å²) in [7, 11) is 1.08. The van der Waals surface area contributed by atoms with Gasteiger partial charge < -0.3 is 14.3 Å². The third-order valence-electron chi connectivity index (χ3n) is 2.67. The summed E-state index contributed by atoms with van der Waals surface area (Å²) in [4.78, 5) is 27.1. The number of benzene rings is 2. The van der Waals surface area contributed by atoms with Crippen LogP contribution in [0.2, 0.25) is 0 Å². The zero-order valence-electron chi connectivity index (χ0n) is 27.9. The molecule has 0 bridgehead atoms. The fraction of sp³-hybridized carbons (Fsp3) is 0.389. The van der Waals surface area contributed by atoms with Gasteiger partial charge in [0.25, 0.3) is 5.09 Å². The molecule has 0 radical (unpaired) electrons. The Labute approximate surface area is 166 Å². The molecule has 0 amide bonds. The normalized spacial score (nSPS) is 24.0. The number of hydrogen-bond acceptors (Lipinski definition) is 6. The van der Waals surface area contributed by atoms with Gasteiger partial charge in [0.15, 0.2) is 0 Å². The molecule has 0 unspecified atom stereocenters. The highest BCUT2D eigenvalue weighted by molar-refractivity contribution is 5.86. The van der Waals surface area contributed by atoms with Crippen LogP contribution in [0.4, 0.5) is 0 Å². The maximum Gasteiger partial charge on any atom is 0.313 e. The first-order valence-corrected chi connectivity index (χ1v) is 6.48. The first-order valence-electron chi connectivity index (χ1n) is 14.0. The lowest BCUT2D eigenvalue weighted by Gasteiger charge is -2.13. The second kappa shape index (κ2) is 8.86. The van der Waals surface area contributed by atoms with Gasteiger partial charge in [-0.15, -0.1) is 10.1 Å². The van der Waals surface area contributed by atoms with Crippen LogP contribution in [0.15, 0.2) is 36.3 Å². The van der Waals surface area contributed by atoms with E-state index in [4.69, 9.17) is 25.3 Å². The fourth-order valence-corrected chi connectivity index (χ4v) is 1.51. The summed E-state index contributed by atoms with van der Waals surface area (Å²) in [6, 6.07) is -4.94. The summed E-state index contributed by atoms with van der Waals surface area (Å²) in [5.41, 5.74) is -0.973. The fourth-order valence-electron chi connectivity index (χ4n) is 1.51. The molecule has 0 fully saturated rings. The van der Waals surface area contributed by atoms with Crippen LogP contribution in [0.3, 0.4) is 0 Å². The predicted molar refractivity (Wildman–Crippen MR) is 92.1 cm³/mol. The molecule has 0 saturated carbocycles. The number of hydrogen-bond donors (Lipinski definition) is 0. The maximum absolute atomic E-state index is 13.0. The molecular formula is C18H21NO6. The average molecular weight is 362 g/mol. The van der Waals surface area contributed by atoms with Gasteiger partial charge in [0.05, 0.1) is 39.8 Å². The Hall–Kier alpha value is -2.83. The first-order chi connectivity index (χ1) is 17.8. The highest BCUT2D eigenvalue weighted by atomic mass is 16.9. The molecule has 25 heavy (non-hydrogen) atoms. The molecule has 0 aliphatic rings. The van der Waals surface area contributed by atoms with Gasteiger partial charge in [0, 0.05) is 6.85 Å². The van der Waals surface area contributed by atoms with Gasteiger partial charge in [-0.2, -0.15) is 0 Å². The van der Waals surface area contributed by atoms with Crippen LogP contribution in [0, 0.1) is 10.1 Å². The van der Waals surface area contributed by atoms with E-state index in [1.54, 1.807) is 0 Å². The van der Waals surface area contributed by atoms with E-state index in [0.717, 1.165) is 7.11 Å². The number of esters is 1. The molecule has 2 aromatic carbocycles. The molecule has 0 aliphatic heterocycles. The van der Waals surface area contributed by atoms with Crippen LogP contribution in [0.1, 0.15) is 51.7 Å². The Morgan fingerprint density at radius 2 is 1.96 bits per heavy atom. The zero-order chi connectivity index (χ0) is 31.5. The van der Waals surface area contributed by atoms with Crippen LogP contribution < -0.4 is 4.74 Å². The van der Waals surface area contributed by atoms with Gasteiger partial charge in [-0.1, -0.05) is 24.2 Å². The van der Waals surface area contributed by atoms with E-state index in [1.807, 2.05) is 0 Å². The van der Waals surface area contributed by atoms with Gasteiger partial charge in [0.2, 0.25) is 0 Å². The minimum atomic E-state index is -4.23. The number of methoxy groups -OCH3 is 1. The second-order valence-electron chi connectivity index (χ2n) is 4.19. The minimum absolute atomic E-state index is 0.448. The lowest BCUT2D eigenvalue weighted by Crippen LogP contribution is -2.14. The summed E-state index contributed by atoms with van der Waals surface area (Å²) >= 11 is 0. The minimum Gasteiger partial charge on any atom is -0.497 e. The molecular weight excluding hydrogens is 326 g/mol. The number of rotatable bonds is 9. The van der Waals surface area contributed by atoms with E-state index in [0.29, 0.717) is 6.92 Å². The van der Waals surface area contributed by atoms with E-state index in [2.05, 4.69) is 9.57 Å². The maximum atomic E-state index is 13.0. The molecule has 0 N–H and O–H groups in total. The van der Waals surface area contributed by atoms with E-state index in [9.17, 15) is 14.9 Å². The third-order valence-corrected chi connectivity index (χ3v) is 2.67. The van der Waals surface area contributed by atoms with Gasteiger partial charge in [-0.3, -0.25) is 4.79 Å². The number of carbonyl (C=O) groups excluding carboxylic acids is 1. The van der Waals surface area contributed by atoms with Crippen molar-refractivity contribution in [3.8, 4) is 5.75 Å². The predicted octanol–water partition coefficient (Wildman–Crippen LogP) is 3.48. The quantitative estimate of drug-likeness (QED) is 0.385. The van der Waals surface area contributed by atoms with Gasteiger partial charge in [0.1, 0.15) is 5.75 Å². The highest BCUT2D eigenvalue weighted by Gasteiger charge is 2.17. The van der Waals surface area contributed by atoms with E-state index in [-0.39, 0.29) is 0 Å². The monoisotopic (exact) mass is 362 g/mol. The highest BCUT2D eigenvalue weighted by Crippen LogP contribution is 2.25. The molecule has 0 aromatic heterocycles. The van der Waals surface area contributed by atoms with Crippen molar-refractivity contribution in [2.75, 3.05) is 20.2 Å². The Balaban J connectivity index is 2.71. The Morgan fingerprint density at radius 3 is 2.68 bits per heavy atom. The topological polar surface area (TPSA) is 87.9 Å². The lowest BCUT2D eigenvalue weighted by molar-refractivity contribution is -0.757. The standard InChI is InChI=1S/C18H21NO6/c1-13(18(20)24-9-3-4-10-25-19(21)22)14-5-6-16-12-17(23-2)8-7-15(16)11-14/h5-8,11-13H,3-4,9-10H2,1-2H3/t13-/m1/s1/i3D2,4D2,5D,6D,7D,8D,9D2,10D2,11D,12D,13D. The van der Waals surface area contributed by atoms with Gasteiger partial charge in [-0.25, -0.2) is 0 Å². The lowest BCUT2D eigenvalue weighted by atomic mass is 9.98. The SMILES string of the molecule is [2H]c1c([C@@]([2H])(C)C(=O)OC([2H])([2H])C([2H])([2H])C([2H])([2H])C([2H])([2H])O[N+](=O)[O-])c([2H])c2c([2H])c([2H])c(OC)c([2H])c2c1[2H]. The van der Waals surface area contributed by atoms with Crippen LogP contribution in [-0.4, -0.2) is 31.3 Å².